The number of phosphoric ester groups is 3. The fourth-order valence-electron chi connectivity index (χ4n) is 5.38. The maximum atomic E-state index is 12.7. The molecule has 7 atom stereocenters. The van der Waals surface area contributed by atoms with Crippen LogP contribution in [0.5, 0.6) is 0 Å². The van der Waals surface area contributed by atoms with Gasteiger partial charge >= 0.3 is 23.5 Å². The molecule has 3 heterocycles. The van der Waals surface area contributed by atoms with Gasteiger partial charge in [0, 0.05) is 30.7 Å². The van der Waals surface area contributed by atoms with E-state index in [0.717, 1.165) is 61.1 Å². The Morgan fingerprint density at radius 1 is 1.02 bits per heavy atom. The Kier molecular flexibility index (Phi) is 20.1. The van der Waals surface area contributed by atoms with Gasteiger partial charge in [0.05, 0.1) is 19.5 Å². The van der Waals surface area contributed by atoms with Gasteiger partial charge in [-0.15, -0.1) is 0 Å². The molecule has 10 N–H and O–H groups in total. The summed E-state index contributed by atoms with van der Waals surface area (Å²) in [6.45, 7) is 2.47. The van der Waals surface area contributed by atoms with E-state index in [1.807, 2.05) is 19.1 Å². The third-order valence-corrected chi connectivity index (χ3v) is 12.4. The van der Waals surface area contributed by atoms with Crippen LogP contribution in [0.2, 0.25) is 0 Å². The molecule has 0 bridgehead atoms. The number of rotatable bonds is 26. The van der Waals surface area contributed by atoms with Gasteiger partial charge in [0.1, 0.15) is 36.3 Å². The number of amides is 2. The molecule has 0 radical (unpaired) electrons. The third-order valence-electron chi connectivity index (χ3n) is 8.48. The summed E-state index contributed by atoms with van der Waals surface area (Å²) < 4.78 is 62.2. The van der Waals surface area contributed by atoms with Gasteiger partial charge in [-0.3, -0.25) is 32.5 Å². The van der Waals surface area contributed by atoms with Crippen LogP contribution in [0.25, 0.3) is 11.2 Å². The summed E-state index contributed by atoms with van der Waals surface area (Å²) >= 11 is 1.05. The monoisotopic (exact) mass is 931 g/mol. The second-order valence-electron chi connectivity index (χ2n) is 13.8. The zero-order valence-electron chi connectivity index (χ0n) is 32.9. The van der Waals surface area contributed by atoms with Crippen molar-refractivity contribution in [2.24, 2.45) is 5.41 Å². The predicted molar refractivity (Wildman–Crippen MR) is 214 cm³/mol. The van der Waals surface area contributed by atoms with Crippen LogP contribution >= 0.6 is 35.2 Å². The molecule has 1 aliphatic heterocycles. The summed E-state index contributed by atoms with van der Waals surface area (Å²) in [5.41, 5.74) is 4.27. The van der Waals surface area contributed by atoms with Crippen LogP contribution in [0.4, 0.5) is 5.82 Å². The highest BCUT2D eigenvalue weighted by Gasteiger charge is 2.50. The number of allylic oxidation sites excluding steroid dienone is 3. The van der Waals surface area contributed by atoms with E-state index in [2.05, 4.69) is 40.5 Å². The molecule has 24 nitrogen and oxygen atoms in total. The fraction of sp³-hybridized carbons (Fsp3) is 0.625. The number of imidazole rings is 1. The quantitative estimate of drug-likeness (QED) is 0.0281. The van der Waals surface area contributed by atoms with Crippen LogP contribution < -0.4 is 16.4 Å². The van der Waals surface area contributed by atoms with Crippen molar-refractivity contribution in [1.29, 1.82) is 0 Å². The van der Waals surface area contributed by atoms with Crippen molar-refractivity contribution in [3.8, 4) is 0 Å². The summed E-state index contributed by atoms with van der Waals surface area (Å²) in [5.74, 6) is -1.12. The molecule has 0 spiro atoms. The molecule has 3 rings (SSSR count). The van der Waals surface area contributed by atoms with Gasteiger partial charge in [-0.1, -0.05) is 50.3 Å². The number of aromatic nitrogens is 4. The lowest BCUT2D eigenvalue weighted by atomic mass is 9.87. The van der Waals surface area contributed by atoms with E-state index >= 15 is 0 Å². The Morgan fingerprint density at radius 3 is 2.38 bits per heavy atom. The van der Waals surface area contributed by atoms with E-state index in [4.69, 9.17) is 19.5 Å². The average Bonchev–Trinajstić information content (AvgIpc) is 3.72. The number of aliphatic hydroxyl groups excluding tert-OH is 2. The maximum Gasteiger partial charge on any atom is 0.481 e. The molecular formula is C32H52N7O17P3S. The second-order valence-corrected chi connectivity index (χ2v) is 19.2. The Morgan fingerprint density at radius 2 is 1.70 bits per heavy atom. The molecule has 1 fully saturated rings. The van der Waals surface area contributed by atoms with E-state index in [0.29, 0.717) is 5.75 Å². The molecule has 1 aliphatic rings. The summed E-state index contributed by atoms with van der Waals surface area (Å²) in [6.07, 6.45) is 5.59. The number of carbonyl (C=O) groups excluding carboxylic acids is 3. The van der Waals surface area contributed by atoms with E-state index in [-0.39, 0.29) is 41.6 Å². The van der Waals surface area contributed by atoms with Crippen molar-refractivity contribution < 1.29 is 80.5 Å². The first-order valence-corrected chi connectivity index (χ1v) is 23.9. The van der Waals surface area contributed by atoms with Gasteiger partial charge in [0.2, 0.25) is 16.9 Å². The van der Waals surface area contributed by atoms with Gasteiger partial charge in [-0.2, -0.15) is 4.31 Å². The number of thioether (sulfide) groups is 1. The largest absolute Gasteiger partial charge is 0.481 e. The zero-order chi connectivity index (χ0) is 44.7. The molecule has 28 heteroatoms. The highest BCUT2D eigenvalue weighted by atomic mass is 32.2. The molecule has 0 aromatic carbocycles. The first-order valence-electron chi connectivity index (χ1n) is 18.4. The fourth-order valence-corrected chi connectivity index (χ4v) is 8.80. The molecule has 0 saturated carbocycles. The highest BCUT2D eigenvalue weighted by Crippen LogP contribution is 2.61. The standard InChI is InChI=1S/C32H52N7O17P3S/c1-4-5-6-7-8-9-10-11-12-23(41)60-16-15-34-22(40)13-14-35-30(44)27(43)32(2,3)18-53-59(50,51)56-58(48,49)52-17-21-26(55-57(45,46)47)25(42)31(54-21)39-20-38-24-28(33)36-19-37-29(24)39/h4-5,11-12,19-21,25-27,31,42-43H,6-10,13-18H2,1-3H3,(H,34,40)(H,35,44)(H,48,49)(H,50,51)(H2,33,36,37)(H2,45,46,47)/b5-4+,12-11+. The van der Waals surface area contributed by atoms with Crippen LogP contribution in [0.1, 0.15) is 65.5 Å². The molecule has 0 aliphatic carbocycles. The number of unbranched alkanes of at least 4 members (excludes halogenated alkanes) is 4. The minimum atomic E-state index is -5.57. The summed E-state index contributed by atoms with van der Waals surface area (Å²) in [4.78, 5) is 87.8. The molecule has 60 heavy (non-hydrogen) atoms. The minimum Gasteiger partial charge on any atom is -0.386 e. The number of hydrogen-bond donors (Lipinski definition) is 9. The molecule has 2 aromatic heterocycles. The lowest BCUT2D eigenvalue weighted by Gasteiger charge is -2.30. The van der Waals surface area contributed by atoms with Gasteiger partial charge in [0.15, 0.2) is 17.7 Å². The van der Waals surface area contributed by atoms with Crippen molar-refractivity contribution in [2.45, 2.75) is 89.9 Å². The van der Waals surface area contributed by atoms with Gasteiger partial charge < -0.3 is 50.9 Å². The normalized spacial score (nSPS) is 21.3. The maximum absolute atomic E-state index is 12.7. The SMILES string of the molecule is C/C=C/CCCCC/C=C/C(=O)SCCNC(=O)CCNC(=O)C(O)C(C)(C)COP(=O)(O)OP(=O)(O)OCC1OC(n2cnc3c(N)ncnc32)C(O)C1OP(=O)(O)O. The number of nitrogens with zero attached hydrogens (tertiary/aromatic N) is 4. The lowest BCUT2D eigenvalue weighted by Crippen LogP contribution is -2.46. The Labute approximate surface area is 349 Å². The number of anilines is 1. The van der Waals surface area contributed by atoms with Crippen molar-refractivity contribution in [1.82, 2.24) is 30.2 Å². The first kappa shape index (κ1) is 51.4. The first-order chi connectivity index (χ1) is 28.1. The topological polar surface area (TPSA) is 364 Å². The van der Waals surface area contributed by atoms with Crippen molar-refractivity contribution >= 4 is 69.1 Å². The summed E-state index contributed by atoms with van der Waals surface area (Å²) in [5, 5.41) is 26.3. The third kappa shape index (κ3) is 17.1. The number of fused-ring (bicyclic) bond motifs is 1. The Hall–Kier alpha value is -2.96. The van der Waals surface area contributed by atoms with E-state index in [9.17, 15) is 57.9 Å². The van der Waals surface area contributed by atoms with Crippen molar-refractivity contribution in [3.05, 3.63) is 37.0 Å². The van der Waals surface area contributed by atoms with Crippen molar-refractivity contribution in [3.63, 3.8) is 0 Å². The highest BCUT2D eigenvalue weighted by molar-refractivity contribution is 8.14. The number of nitrogens with two attached hydrogens (primary N) is 1. The van der Waals surface area contributed by atoms with Crippen LogP contribution in [0.3, 0.4) is 0 Å². The molecule has 2 amide bonds. The minimum absolute atomic E-state index is 0.0306. The number of phosphoric acid groups is 3. The lowest BCUT2D eigenvalue weighted by molar-refractivity contribution is -0.137. The van der Waals surface area contributed by atoms with E-state index in [1.165, 1.54) is 19.9 Å². The molecule has 338 valence electrons. The average molecular weight is 932 g/mol. The summed E-state index contributed by atoms with van der Waals surface area (Å²) in [6, 6.07) is 0. The van der Waals surface area contributed by atoms with Crippen molar-refractivity contribution in [2.75, 3.05) is 37.8 Å². The summed E-state index contributed by atoms with van der Waals surface area (Å²) in [7, 11) is -16.4. The number of carbonyl (C=O) groups is 3. The number of ether oxygens (including phenoxy) is 1. The second kappa shape index (κ2) is 23.5. The van der Waals surface area contributed by atoms with Gasteiger partial charge in [-0.25, -0.2) is 28.6 Å². The molecular weight excluding hydrogens is 879 g/mol. The Balaban J connectivity index is 1.42. The molecule has 7 unspecified atom stereocenters. The van der Waals surface area contributed by atoms with Gasteiger partial charge in [0.25, 0.3) is 0 Å². The van der Waals surface area contributed by atoms with Crippen LogP contribution in [-0.2, 0) is 50.7 Å². The van der Waals surface area contributed by atoms with Crippen LogP contribution in [0.15, 0.2) is 37.0 Å². The van der Waals surface area contributed by atoms with E-state index < -0.39 is 84.6 Å². The Bertz CT molecular complexity index is 1960. The predicted octanol–water partition coefficient (Wildman–Crippen LogP) is 1.75. The number of hydrogen-bond acceptors (Lipinski definition) is 18. The number of aliphatic hydroxyl groups is 2. The van der Waals surface area contributed by atoms with Crippen LogP contribution in [-0.4, -0.2) is 123 Å². The molecule has 2 aromatic rings. The number of nitrogen functional groups attached to an aromatic ring is 1. The van der Waals surface area contributed by atoms with Crippen LogP contribution in [0, 0.1) is 5.41 Å². The zero-order valence-corrected chi connectivity index (χ0v) is 36.4. The smallest absolute Gasteiger partial charge is 0.386 e. The molecule has 1 saturated heterocycles. The number of nitrogens with one attached hydrogen (secondary N) is 2. The van der Waals surface area contributed by atoms with Gasteiger partial charge in [-0.05, 0) is 38.7 Å². The van der Waals surface area contributed by atoms with E-state index in [1.54, 1.807) is 0 Å².